The maximum atomic E-state index is 12.4. The Hall–Kier alpha value is -2.92. The van der Waals surface area contributed by atoms with Gasteiger partial charge < -0.3 is 5.32 Å². The molecule has 2 aromatic carbocycles. The molecule has 0 aliphatic rings. The van der Waals surface area contributed by atoms with E-state index in [2.05, 4.69) is 41.5 Å². The summed E-state index contributed by atoms with van der Waals surface area (Å²) >= 11 is 1.57. The number of carbonyl (C=O) groups excluding carboxylic acids is 1. The number of hydrogen-bond acceptors (Lipinski definition) is 3. The SMILES string of the molecule is Cc1ccc(NC(=O)c2cn3cc(-c4ccc(C)cc4)sc3n2)cc1. The highest BCUT2D eigenvalue weighted by Gasteiger charge is 2.14. The minimum Gasteiger partial charge on any atom is -0.321 e. The number of amides is 1. The first-order valence-corrected chi connectivity index (χ1v) is 8.84. The van der Waals surface area contributed by atoms with Crippen molar-refractivity contribution in [2.45, 2.75) is 13.8 Å². The summed E-state index contributed by atoms with van der Waals surface area (Å²) in [5, 5.41) is 2.88. The molecule has 0 aliphatic heterocycles. The molecular formula is C20H17N3OS. The predicted molar refractivity (Wildman–Crippen MR) is 102 cm³/mol. The Labute approximate surface area is 149 Å². The van der Waals surface area contributed by atoms with Crippen LogP contribution in [0.2, 0.25) is 0 Å². The highest BCUT2D eigenvalue weighted by atomic mass is 32.1. The van der Waals surface area contributed by atoms with Crippen LogP contribution in [0.25, 0.3) is 15.4 Å². The second-order valence-electron chi connectivity index (χ2n) is 6.10. The molecule has 2 aromatic heterocycles. The first-order chi connectivity index (χ1) is 12.1. The summed E-state index contributed by atoms with van der Waals surface area (Å²) < 4.78 is 1.91. The molecule has 0 atom stereocenters. The topological polar surface area (TPSA) is 46.4 Å². The lowest BCUT2D eigenvalue weighted by Crippen LogP contribution is -2.12. The van der Waals surface area contributed by atoms with E-state index in [9.17, 15) is 4.79 Å². The summed E-state index contributed by atoms with van der Waals surface area (Å²) in [6.07, 6.45) is 3.79. The summed E-state index contributed by atoms with van der Waals surface area (Å²) in [5.41, 5.74) is 4.74. The van der Waals surface area contributed by atoms with E-state index in [1.54, 1.807) is 17.5 Å². The molecule has 1 N–H and O–H groups in total. The second-order valence-corrected chi connectivity index (χ2v) is 7.11. The molecule has 0 fully saturated rings. The van der Waals surface area contributed by atoms with Crippen LogP contribution < -0.4 is 5.32 Å². The number of anilines is 1. The largest absolute Gasteiger partial charge is 0.321 e. The number of carbonyl (C=O) groups is 1. The van der Waals surface area contributed by atoms with Crippen LogP contribution in [0.15, 0.2) is 60.9 Å². The number of aromatic nitrogens is 2. The zero-order valence-corrected chi connectivity index (χ0v) is 14.8. The van der Waals surface area contributed by atoms with Crippen molar-refractivity contribution < 1.29 is 4.79 Å². The lowest BCUT2D eigenvalue weighted by atomic mass is 10.1. The Morgan fingerprint density at radius 3 is 2.24 bits per heavy atom. The Kier molecular flexibility index (Phi) is 3.86. The van der Waals surface area contributed by atoms with Crippen LogP contribution in [0.3, 0.4) is 0 Å². The van der Waals surface area contributed by atoms with Gasteiger partial charge >= 0.3 is 0 Å². The molecule has 4 aromatic rings. The highest BCUT2D eigenvalue weighted by Crippen LogP contribution is 2.28. The molecule has 4 nitrogen and oxygen atoms in total. The minimum atomic E-state index is -0.198. The van der Waals surface area contributed by atoms with Gasteiger partial charge in [-0.05, 0) is 31.5 Å². The Bertz CT molecular complexity index is 1010. The van der Waals surface area contributed by atoms with Gasteiger partial charge in [-0.3, -0.25) is 9.20 Å². The van der Waals surface area contributed by atoms with Gasteiger partial charge in [0.05, 0.1) is 4.88 Å². The van der Waals surface area contributed by atoms with Gasteiger partial charge in [0.1, 0.15) is 5.69 Å². The van der Waals surface area contributed by atoms with Crippen LogP contribution in [-0.4, -0.2) is 15.3 Å². The number of imidazole rings is 1. The molecule has 0 saturated carbocycles. The fraction of sp³-hybridized carbons (Fsp3) is 0.100. The number of nitrogens with zero attached hydrogens (tertiary/aromatic N) is 2. The molecule has 0 unspecified atom stereocenters. The van der Waals surface area contributed by atoms with Crippen molar-refractivity contribution in [3.05, 3.63) is 77.7 Å². The summed E-state index contributed by atoms with van der Waals surface area (Å²) in [6, 6.07) is 16.1. The van der Waals surface area contributed by atoms with Crippen molar-refractivity contribution in [3.63, 3.8) is 0 Å². The lowest BCUT2D eigenvalue weighted by Gasteiger charge is -2.03. The van der Waals surface area contributed by atoms with Crippen LogP contribution in [0.1, 0.15) is 21.6 Å². The Balaban J connectivity index is 1.57. The van der Waals surface area contributed by atoms with Crippen LogP contribution in [0.5, 0.6) is 0 Å². The van der Waals surface area contributed by atoms with Gasteiger partial charge in [0, 0.05) is 18.1 Å². The summed E-state index contributed by atoms with van der Waals surface area (Å²) in [6.45, 7) is 4.09. The third-order valence-electron chi connectivity index (χ3n) is 4.03. The fourth-order valence-corrected chi connectivity index (χ4v) is 3.56. The molecule has 0 radical (unpaired) electrons. The molecule has 25 heavy (non-hydrogen) atoms. The zero-order chi connectivity index (χ0) is 17.4. The first-order valence-electron chi connectivity index (χ1n) is 8.02. The molecule has 1 amide bonds. The zero-order valence-electron chi connectivity index (χ0n) is 14.0. The van der Waals surface area contributed by atoms with Crippen LogP contribution >= 0.6 is 11.3 Å². The van der Waals surface area contributed by atoms with E-state index in [1.807, 2.05) is 41.8 Å². The van der Waals surface area contributed by atoms with E-state index in [1.165, 1.54) is 5.56 Å². The van der Waals surface area contributed by atoms with Crippen molar-refractivity contribution in [1.29, 1.82) is 0 Å². The number of benzene rings is 2. The second kappa shape index (κ2) is 6.18. The predicted octanol–water partition coefficient (Wildman–Crippen LogP) is 4.93. The third kappa shape index (κ3) is 3.19. The summed E-state index contributed by atoms with van der Waals surface area (Å²) in [4.78, 5) is 18.8. The molecule has 4 rings (SSSR count). The number of thiazole rings is 1. The third-order valence-corrected chi connectivity index (χ3v) is 5.08. The van der Waals surface area contributed by atoms with Crippen LogP contribution in [-0.2, 0) is 0 Å². The average molecular weight is 347 g/mol. The fourth-order valence-electron chi connectivity index (χ4n) is 2.59. The van der Waals surface area contributed by atoms with Crippen molar-refractivity contribution in [2.24, 2.45) is 0 Å². The molecule has 0 spiro atoms. The van der Waals surface area contributed by atoms with E-state index in [-0.39, 0.29) is 5.91 Å². The van der Waals surface area contributed by atoms with Gasteiger partial charge in [-0.15, -0.1) is 0 Å². The monoisotopic (exact) mass is 347 g/mol. The first kappa shape index (κ1) is 15.6. The quantitative estimate of drug-likeness (QED) is 0.571. The van der Waals surface area contributed by atoms with Crippen molar-refractivity contribution in [3.8, 4) is 10.4 Å². The molecule has 0 aliphatic carbocycles. The molecule has 5 heteroatoms. The molecule has 0 bridgehead atoms. The number of nitrogens with one attached hydrogen (secondary N) is 1. The maximum absolute atomic E-state index is 12.4. The van der Waals surface area contributed by atoms with E-state index < -0.39 is 0 Å². The molecule has 0 saturated heterocycles. The van der Waals surface area contributed by atoms with Crippen LogP contribution in [0.4, 0.5) is 5.69 Å². The minimum absolute atomic E-state index is 0.198. The van der Waals surface area contributed by atoms with Crippen molar-refractivity contribution >= 4 is 27.9 Å². The molecular weight excluding hydrogens is 330 g/mol. The Morgan fingerprint density at radius 1 is 0.960 bits per heavy atom. The van der Waals surface area contributed by atoms with E-state index in [4.69, 9.17) is 0 Å². The normalized spacial score (nSPS) is 11.0. The lowest BCUT2D eigenvalue weighted by molar-refractivity contribution is 0.102. The van der Waals surface area contributed by atoms with E-state index >= 15 is 0 Å². The number of rotatable bonds is 3. The van der Waals surface area contributed by atoms with E-state index in [0.717, 1.165) is 26.7 Å². The van der Waals surface area contributed by atoms with Gasteiger partial charge in [-0.25, -0.2) is 4.98 Å². The highest BCUT2D eigenvalue weighted by molar-refractivity contribution is 7.20. The molecule has 2 heterocycles. The smallest absolute Gasteiger partial charge is 0.275 e. The number of aryl methyl sites for hydroxylation is 2. The van der Waals surface area contributed by atoms with Gasteiger partial charge in [-0.1, -0.05) is 58.9 Å². The van der Waals surface area contributed by atoms with Crippen molar-refractivity contribution in [2.75, 3.05) is 5.32 Å². The summed E-state index contributed by atoms with van der Waals surface area (Å²) in [7, 11) is 0. The van der Waals surface area contributed by atoms with E-state index in [0.29, 0.717) is 5.69 Å². The van der Waals surface area contributed by atoms with Gasteiger partial charge in [0.25, 0.3) is 5.91 Å². The Morgan fingerprint density at radius 2 is 1.60 bits per heavy atom. The van der Waals surface area contributed by atoms with Gasteiger partial charge in [0.15, 0.2) is 4.96 Å². The van der Waals surface area contributed by atoms with Gasteiger partial charge in [0.2, 0.25) is 0 Å². The number of hydrogen-bond donors (Lipinski definition) is 1. The standard InChI is InChI=1S/C20H17N3OS/c1-13-3-7-15(8-4-13)18-12-23-11-17(22-20(23)25-18)19(24)21-16-9-5-14(2)6-10-16/h3-12H,1-2H3,(H,21,24). The molecule has 124 valence electrons. The van der Waals surface area contributed by atoms with Gasteiger partial charge in [-0.2, -0.15) is 0 Å². The maximum Gasteiger partial charge on any atom is 0.275 e. The summed E-state index contributed by atoms with van der Waals surface area (Å²) in [5.74, 6) is -0.198. The van der Waals surface area contributed by atoms with Crippen molar-refractivity contribution in [1.82, 2.24) is 9.38 Å². The average Bonchev–Trinajstić information content (AvgIpc) is 3.16. The van der Waals surface area contributed by atoms with Crippen LogP contribution in [0, 0.1) is 13.8 Å². The number of fused-ring (bicyclic) bond motifs is 1.